The zero-order valence-electron chi connectivity index (χ0n) is 44.9. The van der Waals surface area contributed by atoms with Gasteiger partial charge >= 0.3 is 5.97 Å². The molecule has 18 nitrogen and oxygen atoms in total. The number of nitrogens with two attached hydrogens (primary N) is 1. The van der Waals surface area contributed by atoms with E-state index < -0.39 is 12.0 Å². The Morgan fingerprint density at radius 1 is 0.867 bits per heavy atom. The second-order valence-electron chi connectivity index (χ2n) is 19.4. The van der Waals surface area contributed by atoms with Crippen LogP contribution in [0.15, 0.2) is 37.1 Å². The normalized spacial score (nSPS) is 16.0. The largest absolute Gasteiger partial charge is 0.499 e. The van der Waals surface area contributed by atoms with Crippen LogP contribution in [0.5, 0.6) is 0 Å². The Labute approximate surface area is 441 Å². The number of carboxylic acid groups (broad SMARTS) is 1. The van der Waals surface area contributed by atoms with Gasteiger partial charge in [0.05, 0.1) is 61.9 Å². The lowest BCUT2D eigenvalue weighted by Crippen LogP contribution is -2.40. The number of allylic oxidation sites excluding steroid dienone is 2. The summed E-state index contributed by atoms with van der Waals surface area (Å²) < 4.78 is 27.2. The standard InChI is InChI=1S/C57H80N8O10/c1-8-40-36(4)45-31-47-38(6)42(55(64-47)43-30-51(66)54-39(7)48(65-56(43)54)33-50-41(9-2)37(5)46(62-50)32-49(40)61-45)15-16-52(67)63-44(57(69)70)14-10-11-19-59-35(3)17-23-73-28-29-75-34-53(68)60-20-13-22-72-25-27-74-26-24-71-21-12-18-58/h8,17,23,31-33,35,38,42,44,59,61,65H,1,9-16,18-22,24-30,34,58H2,2-7H3,(H,60,68)(H,63,67)(H,69,70)/b23-17+,45-31?,46-32?,47-31?,48-33?,49-32?,50-33?,55-43?/t35?,38-,42?,44?/m0/s1. The van der Waals surface area contributed by atoms with Gasteiger partial charge in [-0.05, 0) is 132 Å². The van der Waals surface area contributed by atoms with Crippen molar-refractivity contribution in [2.24, 2.45) is 5.73 Å². The number of hydrogen-bond acceptors (Lipinski definition) is 13. The highest BCUT2D eigenvalue weighted by Crippen LogP contribution is 2.44. The summed E-state index contributed by atoms with van der Waals surface area (Å²) in [5.41, 5.74) is 18.8. The fourth-order valence-corrected chi connectivity index (χ4v) is 9.80. The van der Waals surface area contributed by atoms with E-state index in [0.717, 1.165) is 91.1 Å². The number of carboxylic acids is 1. The minimum Gasteiger partial charge on any atom is -0.499 e. The predicted molar refractivity (Wildman–Crippen MR) is 292 cm³/mol. The monoisotopic (exact) mass is 1040 g/mol. The predicted octanol–water partition coefficient (Wildman–Crippen LogP) is 7.49. The van der Waals surface area contributed by atoms with Gasteiger partial charge in [0, 0.05) is 89.4 Å². The fraction of sp³-hybridized carbons (Fsp3) is 0.544. The molecule has 3 unspecified atom stereocenters. The first-order valence-corrected chi connectivity index (χ1v) is 26.7. The molecule has 75 heavy (non-hydrogen) atoms. The smallest absolute Gasteiger partial charge is 0.326 e. The Bertz CT molecular complexity index is 2710. The summed E-state index contributed by atoms with van der Waals surface area (Å²) in [5.74, 6) is -1.92. The van der Waals surface area contributed by atoms with Crippen LogP contribution in [0.3, 0.4) is 0 Å². The average molecular weight is 1040 g/mol. The number of fused-ring (bicyclic) bond motifs is 8. The molecule has 0 aromatic carbocycles. The van der Waals surface area contributed by atoms with Crippen molar-refractivity contribution in [1.82, 2.24) is 35.9 Å². The number of Topliss-reactive ketones (excluding diaryl/α,β-unsaturated/α-hetero) is 1. The number of amides is 2. The van der Waals surface area contributed by atoms with Gasteiger partial charge in [-0.3, -0.25) is 19.4 Å². The SMILES string of the molecule is C=Cc1c(C)c2cc3nc(c4c5[nH]c(cc6nc(cc1[nH]2)C(C)=C6CC)c(C)c5C(=O)C4)C(CCC(=O)NC(CCCCNC(C)/C=C/OCCOCC(=O)NCCCOCCOCCOCCCN)C(=O)O)[C@@H]3C. The van der Waals surface area contributed by atoms with Crippen LogP contribution < -0.4 is 21.7 Å². The average Bonchev–Trinajstić information content (AvgIpc) is 4.15. The summed E-state index contributed by atoms with van der Waals surface area (Å²) in [6.45, 7) is 21.9. The van der Waals surface area contributed by atoms with Crippen molar-refractivity contribution in [3.63, 3.8) is 0 Å². The van der Waals surface area contributed by atoms with Crippen LogP contribution in [0.4, 0.5) is 0 Å². The number of ketones is 1. The first kappa shape index (κ1) is 58.2. The first-order chi connectivity index (χ1) is 36.3. The van der Waals surface area contributed by atoms with Crippen LogP contribution >= 0.6 is 0 Å². The van der Waals surface area contributed by atoms with Crippen molar-refractivity contribution < 1.29 is 48.0 Å². The topological polar surface area (TPSA) is 254 Å². The molecule has 0 radical (unpaired) electrons. The third kappa shape index (κ3) is 16.0. The van der Waals surface area contributed by atoms with Gasteiger partial charge in [0.15, 0.2) is 5.78 Å². The van der Waals surface area contributed by atoms with Gasteiger partial charge in [-0.25, -0.2) is 9.78 Å². The minimum atomic E-state index is -1.08. The highest BCUT2D eigenvalue weighted by Gasteiger charge is 2.36. The van der Waals surface area contributed by atoms with Crippen LogP contribution in [0.1, 0.15) is 146 Å². The van der Waals surface area contributed by atoms with Gasteiger partial charge in [-0.1, -0.05) is 26.5 Å². The number of ether oxygens (including phenoxy) is 5. The lowest BCUT2D eigenvalue weighted by Gasteiger charge is -2.19. The number of nitrogens with zero attached hydrogens (tertiary/aromatic N) is 2. The van der Waals surface area contributed by atoms with Crippen LogP contribution in [-0.4, -0.2) is 140 Å². The fourth-order valence-electron chi connectivity index (χ4n) is 9.80. The van der Waals surface area contributed by atoms with Gasteiger partial charge in [0.25, 0.3) is 0 Å². The molecule has 3 aromatic rings. The maximum atomic E-state index is 13.8. The summed E-state index contributed by atoms with van der Waals surface area (Å²) in [5, 5.41) is 19.1. The molecule has 6 rings (SSSR count). The number of nitrogens with one attached hydrogen (secondary N) is 5. The highest BCUT2D eigenvalue weighted by molar-refractivity contribution is 6.13. The number of rotatable bonds is 33. The van der Waals surface area contributed by atoms with Crippen molar-refractivity contribution in [3.8, 4) is 0 Å². The van der Waals surface area contributed by atoms with Crippen molar-refractivity contribution >= 4 is 62.9 Å². The van der Waals surface area contributed by atoms with Crippen molar-refractivity contribution in [2.45, 2.75) is 123 Å². The third-order valence-corrected chi connectivity index (χ3v) is 14.1. The number of aromatic nitrogens is 4. The van der Waals surface area contributed by atoms with Gasteiger partial charge in [-0.15, -0.1) is 0 Å². The summed E-state index contributed by atoms with van der Waals surface area (Å²) in [4.78, 5) is 69.4. The Hall–Kier alpha value is -6.02. The second kappa shape index (κ2) is 29.3. The Balaban J connectivity index is 0.940. The lowest BCUT2D eigenvalue weighted by atomic mass is 9.85. The molecule has 0 saturated heterocycles. The van der Waals surface area contributed by atoms with Crippen LogP contribution in [0.2, 0.25) is 0 Å². The van der Waals surface area contributed by atoms with Crippen molar-refractivity contribution in [1.29, 1.82) is 0 Å². The van der Waals surface area contributed by atoms with Crippen LogP contribution in [-0.2, 0) is 44.5 Å². The molecular weight excluding hydrogens is 957 g/mol. The number of carbonyl (C=O) groups excluding carboxylic acids is 3. The van der Waals surface area contributed by atoms with E-state index in [4.69, 9.17) is 39.4 Å². The van der Waals surface area contributed by atoms with E-state index >= 15 is 0 Å². The zero-order chi connectivity index (χ0) is 53.9. The molecule has 18 heteroatoms. The molecule has 5 heterocycles. The third-order valence-electron chi connectivity index (χ3n) is 14.1. The van der Waals surface area contributed by atoms with E-state index in [2.05, 4.69) is 72.3 Å². The molecule has 0 saturated carbocycles. The number of hydrogen-bond donors (Lipinski definition) is 7. The van der Waals surface area contributed by atoms with E-state index in [1.807, 2.05) is 32.1 Å². The molecule has 1 aliphatic carbocycles. The number of aliphatic carboxylic acids is 1. The maximum absolute atomic E-state index is 13.8. The molecule has 8 N–H and O–H groups in total. The molecule has 2 aliphatic heterocycles. The molecule has 0 spiro atoms. The molecule has 3 aromatic heterocycles. The van der Waals surface area contributed by atoms with E-state index in [-0.39, 0.29) is 74.6 Å². The Morgan fingerprint density at radius 3 is 2.29 bits per heavy atom. The number of carbonyl (C=O) groups is 4. The lowest BCUT2D eigenvalue weighted by molar-refractivity contribution is -0.142. The highest BCUT2D eigenvalue weighted by atomic mass is 16.5. The summed E-state index contributed by atoms with van der Waals surface area (Å²) in [6, 6.07) is 5.15. The van der Waals surface area contributed by atoms with E-state index in [9.17, 15) is 24.3 Å². The number of aryl methyl sites for hydroxylation is 2. The summed E-state index contributed by atoms with van der Waals surface area (Å²) >= 11 is 0. The molecule has 8 bridgehead atoms. The van der Waals surface area contributed by atoms with Crippen molar-refractivity contribution in [2.75, 3.05) is 79.1 Å². The van der Waals surface area contributed by atoms with E-state index in [0.29, 0.717) is 90.5 Å². The number of unbranched alkanes of at least 4 members (excludes halogenated alkanes) is 1. The van der Waals surface area contributed by atoms with Gasteiger partial charge < -0.3 is 60.4 Å². The number of H-pyrrole nitrogens is 2. The molecule has 0 fully saturated rings. The maximum Gasteiger partial charge on any atom is 0.326 e. The molecule has 2 amide bonds. The molecular formula is C57H80N8O10. The van der Waals surface area contributed by atoms with Gasteiger partial charge in [0.2, 0.25) is 11.8 Å². The van der Waals surface area contributed by atoms with Gasteiger partial charge in [0.1, 0.15) is 19.3 Å². The Kier molecular flexibility index (Phi) is 22.8. The quantitative estimate of drug-likeness (QED) is 0.0231. The summed E-state index contributed by atoms with van der Waals surface area (Å²) in [7, 11) is 0. The second-order valence-corrected chi connectivity index (χ2v) is 19.4. The minimum absolute atomic E-state index is 0.00708. The summed E-state index contributed by atoms with van der Waals surface area (Å²) in [6.07, 6.45) is 9.89. The Morgan fingerprint density at radius 2 is 1.57 bits per heavy atom. The van der Waals surface area contributed by atoms with E-state index in [1.165, 1.54) is 0 Å². The van der Waals surface area contributed by atoms with Crippen molar-refractivity contribution in [3.05, 3.63) is 87.7 Å². The van der Waals surface area contributed by atoms with E-state index in [1.54, 1.807) is 6.26 Å². The molecule has 408 valence electrons. The van der Waals surface area contributed by atoms with Crippen LogP contribution in [0.25, 0.3) is 39.3 Å². The van der Waals surface area contributed by atoms with Crippen LogP contribution in [0, 0.1) is 13.8 Å². The molecule has 4 atom stereocenters. The molecule has 3 aliphatic rings. The number of aromatic amines is 2. The zero-order valence-corrected chi connectivity index (χ0v) is 44.9. The van der Waals surface area contributed by atoms with Gasteiger partial charge in [-0.2, -0.15) is 0 Å². The first-order valence-electron chi connectivity index (χ1n) is 26.7.